The number of carbonyl (C=O) groups is 1. The van der Waals surface area contributed by atoms with Gasteiger partial charge in [0.25, 0.3) is 0 Å². The largest absolute Gasteiger partial charge is 0.351 e. The average Bonchev–Trinajstić information content (AvgIpc) is 2.57. The van der Waals surface area contributed by atoms with E-state index in [0.717, 1.165) is 19.3 Å². The molecule has 0 aromatic rings. The molecule has 3 N–H and O–H groups in total. The first-order valence-corrected chi connectivity index (χ1v) is 6.31. The summed E-state index contributed by atoms with van der Waals surface area (Å²) in [4.78, 5) is 11.8. The minimum absolute atomic E-state index is 0.0112. The Bertz CT molecular complexity index is 257. The van der Waals surface area contributed by atoms with E-state index in [1.54, 1.807) is 0 Å². The predicted octanol–water partition coefficient (Wildman–Crippen LogP) is 2.05. The number of nitrogens with two attached hydrogens (primary N) is 1. The van der Waals surface area contributed by atoms with E-state index in [1.807, 2.05) is 0 Å². The van der Waals surface area contributed by atoms with E-state index in [4.69, 9.17) is 5.73 Å². The lowest BCUT2D eigenvalue weighted by molar-refractivity contribution is -0.122. The first-order chi connectivity index (χ1) is 7.25. The summed E-state index contributed by atoms with van der Waals surface area (Å²) in [5.74, 6) is 0.0112. The molecule has 3 heteroatoms. The van der Waals surface area contributed by atoms with Crippen LogP contribution in [0.25, 0.3) is 0 Å². The van der Waals surface area contributed by atoms with Crippen molar-refractivity contribution in [2.24, 2.45) is 16.6 Å². The molecule has 0 aliphatic heterocycles. The Labute approximate surface area is 99.2 Å². The van der Waals surface area contributed by atoms with Crippen LogP contribution in [0.4, 0.5) is 0 Å². The first-order valence-electron chi connectivity index (χ1n) is 6.31. The van der Waals surface area contributed by atoms with Crippen molar-refractivity contribution in [3.63, 3.8) is 0 Å². The lowest BCUT2D eigenvalue weighted by Gasteiger charge is -2.12. The van der Waals surface area contributed by atoms with Crippen LogP contribution in [0.15, 0.2) is 0 Å². The quantitative estimate of drug-likeness (QED) is 0.754. The molecule has 0 saturated heterocycles. The summed E-state index contributed by atoms with van der Waals surface area (Å²) in [5, 5.41) is 3.08. The highest BCUT2D eigenvalue weighted by molar-refractivity contribution is 5.82. The summed E-state index contributed by atoms with van der Waals surface area (Å²) in [6.45, 7) is 10.9. The summed E-state index contributed by atoms with van der Waals surface area (Å²) in [6.07, 6.45) is 2.89. The Morgan fingerprint density at radius 1 is 1.31 bits per heavy atom. The lowest BCUT2D eigenvalue weighted by atomic mass is 10.0. The van der Waals surface area contributed by atoms with Crippen molar-refractivity contribution < 1.29 is 4.79 Å². The van der Waals surface area contributed by atoms with E-state index >= 15 is 0 Å². The maximum absolute atomic E-state index is 11.8. The molecule has 0 heterocycles. The van der Waals surface area contributed by atoms with Gasteiger partial charge in [0.15, 0.2) is 0 Å². The molecule has 1 saturated carbocycles. The van der Waals surface area contributed by atoms with E-state index in [2.05, 4.69) is 39.9 Å². The second-order valence-electron chi connectivity index (χ2n) is 6.13. The lowest BCUT2D eigenvalue weighted by Crippen LogP contribution is -2.43. The van der Waals surface area contributed by atoms with Crippen LogP contribution in [-0.2, 0) is 4.79 Å². The molecule has 1 rings (SSSR count). The van der Waals surface area contributed by atoms with Crippen molar-refractivity contribution >= 4 is 5.91 Å². The van der Waals surface area contributed by atoms with E-state index in [-0.39, 0.29) is 28.8 Å². The molecule has 0 bridgehead atoms. The highest BCUT2D eigenvalue weighted by Crippen LogP contribution is 2.62. The van der Waals surface area contributed by atoms with Gasteiger partial charge in [0.1, 0.15) is 0 Å². The number of unbranched alkanes of at least 4 members (excludes halogenated alkanes) is 1. The number of nitrogens with one attached hydrogen (secondary N) is 1. The van der Waals surface area contributed by atoms with Crippen molar-refractivity contribution in [1.82, 2.24) is 5.32 Å². The van der Waals surface area contributed by atoms with E-state index in [1.165, 1.54) is 0 Å². The Hall–Kier alpha value is -0.570. The fourth-order valence-corrected chi connectivity index (χ4v) is 2.36. The summed E-state index contributed by atoms with van der Waals surface area (Å²) in [6, 6.07) is -0.0765. The third-order valence-corrected chi connectivity index (χ3v) is 4.51. The van der Waals surface area contributed by atoms with E-state index < -0.39 is 0 Å². The highest BCUT2D eigenvalue weighted by Gasteiger charge is 2.65. The Morgan fingerprint density at radius 3 is 2.19 bits per heavy atom. The van der Waals surface area contributed by atoms with Gasteiger partial charge < -0.3 is 11.1 Å². The van der Waals surface area contributed by atoms with Crippen molar-refractivity contribution in [3.05, 3.63) is 0 Å². The monoisotopic (exact) mass is 226 g/mol. The topological polar surface area (TPSA) is 55.1 Å². The van der Waals surface area contributed by atoms with Gasteiger partial charge in [-0.1, -0.05) is 47.5 Å². The van der Waals surface area contributed by atoms with Crippen LogP contribution in [0.5, 0.6) is 0 Å². The second kappa shape index (κ2) is 4.36. The minimum Gasteiger partial charge on any atom is -0.351 e. The van der Waals surface area contributed by atoms with Gasteiger partial charge in [0.05, 0.1) is 6.04 Å². The molecule has 1 aliphatic carbocycles. The molecular weight excluding hydrogens is 200 g/mol. The SMILES string of the molecule is CCCCC(N)C(=O)NC1C(C)(C)C1(C)C. The van der Waals surface area contributed by atoms with Crippen LogP contribution < -0.4 is 11.1 Å². The molecule has 1 fully saturated rings. The average molecular weight is 226 g/mol. The summed E-state index contributed by atoms with van der Waals surface area (Å²) >= 11 is 0. The summed E-state index contributed by atoms with van der Waals surface area (Å²) in [7, 11) is 0. The molecule has 1 amide bonds. The van der Waals surface area contributed by atoms with E-state index in [0.29, 0.717) is 0 Å². The number of carbonyl (C=O) groups excluding carboxylic acids is 1. The molecular formula is C13H26N2O. The van der Waals surface area contributed by atoms with Crippen LogP contribution in [-0.4, -0.2) is 18.0 Å². The van der Waals surface area contributed by atoms with Crippen LogP contribution in [0.1, 0.15) is 53.9 Å². The number of amides is 1. The molecule has 0 spiro atoms. The first kappa shape index (κ1) is 13.5. The third kappa shape index (κ3) is 2.24. The van der Waals surface area contributed by atoms with Crippen LogP contribution in [0.2, 0.25) is 0 Å². The summed E-state index contributed by atoms with van der Waals surface area (Å²) < 4.78 is 0. The van der Waals surface area contributed by atoms with Crippen LogP contribution in [0.3, 0.4) is 0 Å². The fraction of sp³-hybridized carbons (Fsp3) is 0.923. The van der Waals surface area contributed by atoms with Gasteiger partial charge in [-0.3, -0.25) is 4.79 Å². The molecule has 1 unspecified atom stereocenters. The molecule has 0 radical (unpaired) electrons. The van der Waals surface area contributed by atoms with Crippen molar-refractivity contribution in [1.29, 1.82) is 0 Å². The molecule has 1 atom stereocenters. The molecule has 3 nitrogen and oxygen atoms in total. The molecule has 1 aliphatic rings. The molecule has 0 aromatic heterocycles. The zero-order valence-corrected chi connectivity index (χ0v) is 11.3. The number of rotatable bonds is 5. The van der Waals surface area contributed by atoms with Gasteiger partial charge >= 0.3 is 0 Å². The van der Waals surface area contributed by atoms with Crippen molar-refractivity contribution in [3.8, 4) is 0 Å². The number of hydrogen-bond donors (Lipinski definition) is 2. The molecule has 16 heavy (non-hydrogen) atoms. The van der Waals surface area contributed by atoms with Gasteiger partial charge in [-0.05, 0) is 17.3 Å². The second-order valence-corrected chi connectivity index (χ2v) is 6.13. The van der Waals surface area contributed by atoms with Crippen molar-refractivity contribution in [2.75, 3.05) is 0 Å². The Balaban J connectivity index is 2.42. The van der Waals surface area contributed by atoms with Crippen molar-refractivity contribution in [2.45, 2.75) is 66.0 Å². The number of hydrogen-bond acceptors (Lipinski definition) is 2. The Morgan fingerprint density at radius 2 is 1.81 bits per heavy atom. The van der Waals surface area contributed by atoms with Crippen LogP contribution in [0, 0.1) is 10.8 Å². The predicted molar refractivity (Wildman–Crippen MR) is 67.0 cm³/mol. The normalized spacial score (nSPS) is 23.9. The standard InChI is InChI=1S/C13H26N2O/c1-6-7-8-9(14)10(16)15-11-12(2,3)13(11,4)5/h9,11H,6-8,14H2,1-5H3,(H,15,16). The van der Waals surface area contributed by atoms with Gasteiger partial charge in [0.2, 0.25) is 5.91 Å². The zero-order valence-electron chi connectivity index (χ0n) is 11.3. The molecule has 0 aromatic carbocycles. The molecule has 94 valence electrons. The maximum atomic E-state index is 11.8. The third-order valence-electron chi connectivity index (χ3n) is 4.51. The highest BCUT2D eigenvalue weighted by atomic mass is 16.2. The van der Waals surface area contributed by atoms with Gasteiger partial charge in [0, 0.05) is 6.04 Å². The van der Waals surface area contributed by atoms with Gasteiger partial charge in [-0.2, -0.15) is 0 Å². The summed E-state index contributed by atoms with van der Waals surface area (Å²) in [5.41, 5.74) is 6.22. The fourth-order valence-electron chi connectivity index (χ4n) is 2.36. The van der Waals surface area contributed by atoms with E-state index in [9.17, 15) is 4.79 Å². The van der Waals surface area contributed by atoms with Crippen LogP contribution >= 0.6 is 0 Å². The smallest absolute Gasteiger partial charge is 0.237 e. The van der Waals surface area contributed by atoms with Gasteiger partial charge in [-0.25, -0.2) is 0 Å². The van der Waals surface area contributed by atoms with Gasteiger partial charge in [-0.15, -0.1) is 0 Å². The maximum Gasteiger partial charge on any atom is 0.237 e. The minimum atomic E-state index is -0.341. The Kier molecular flexibility index (Phi) is 3.68. The zero-order chi connectivity index (χ0) is 12.6.